The molecule has 8 nitrogen and oxygen atoms in total. The number of nitrogens with zero attached hydrogens (tertiary/aromatic N) is 2. The van der Waals surface area contributed by atoms with Gasteiger partial charge in [0.05, 0.1) is 11.3 Å². The number of aryl methyl sites for hydroxylation is 3. The van der Waals surface area contributed by atoms with Gasteiger partial charge >= 0.3 is 0 Å². The molecule has 1 amide bonds. The first-order chi connectivity index (χ1) is 14.4. The highest BCUT2D eigenvalue weighted by Crippen LogP contribution is 2.18. The number of aromatic amines is 2. The molecular formula is C22H21N5O3. The minimum atomic E-state index is -0.416. The summed E-state index contributed by atoms with van der Waals surface area (Å²) in [6.07, 6.45) is 2.12. The number of hydrogen-bond donors (Lipinski definition) is 3. The topological polar surface area (TPSA) is 112 Å². The fourth-order valence-electron chi connectivity index (χ4n) is 3.35. The number of nitrogens with one attached hydrogen (secondary N) is 3. The summed E-state index contributed by atoms with van der Waals surface area (Å²) >= 11 is 0. The average Bonchev–Trinajstić information content (AvgIpc) is 3.16. The molecule has 8 heteroatoms. The smallest absolute Gasteiger partial charge is 0.273 e. The molecular weight excluding hydrogens is 382 g/mol. The number of rotatable bonds is 4. The van der Waals surface area contributed by atoms with Crippen LogP contribution in [0, 0.1) is 13.8 Å². The standard InChI is InChI=1S/C22H21N5O3/c1-4-17-13(3)9-15(21(29)26-17)18-10-19(28)27-20(25-18)16(11-23-27)22(30)24-14-7-5-12(2)6-8-14/h5-11,23H,4H2,1-3H3,(H,24,30)(H,26,29). The zero-order valence-corrected chi connectivity index (χ0v) is 16.9. The third-order valence-corrected chi connectivity index (χ3v) is 5.03. The van der Waals surface area contributed by atoms with E-state index in [-0.39, 0.29) is 28.0 Å². The van der Waals surface area contributed by atoms with Crippen molar-refractivity contribution in [2.75, 3.05) is 5.32 Å². The van der Waals surface area contributed by atoms with Gasteiger partial charge in [-0.1, -0.05) is 24.6 Å². The van der Waals surface area contributed by atoms with Gasteiger partial charge in [0, 0.05) is 23.6 Å². The van der Waals surface area contributed by atoms with Gasteiger partial charge in [-0.25, -0.2) is 9.50 Å². The molecule has 152 valence electrons. The first kappa shape index (κ1) is 19.4. The quantitative estimate of drug-likeness (QED) is 0.486. The molecule has 0 radical (unpaired) electrons. The fourth-order valence-corrected chi connectivity index (χ4v) is 3.35. The Bertz CT molecular complexity index is 1380. The van der Waals surface area contributed by atoms with Crippen LogP contribution in [0.1, 0.15) is 34.1 Å². The van der Waals surface area contributed by atoms with Crippen molar-refractivity contribution < 1.29 is 4.79 Å². The van der Waals surface area contributed by atoms with Crippen LogP contribution < -0.4 is 16.4 Å². The number of anilines is 1. The highest BCUT2D eigenvalue weighted by molar-refractivity contribution is 6.08. The molecule has 0 spiro atoms. The number of benzene rings is 1. The van der Waals surface area contributed by atoms with E-state index in [0.717, 1.165) is 16.8 Å². The maximum absolute atomic E-state index is 12.8. The van der Waals surface area contributed by atoms with Crippen LogP contribution in [-0.2, 0) is 6.42 Å². The summed E-state index contributed by atoms with van der Waals surface area (Å²) in [6.45, 7) is 5.80. The molecule has 0 aliphatic carbocycles. The van der Waals surface area contributed by atoms with Gasteiger partial charge in [0.25, 0.3) is 17.0 Å². The summed E-state index contributed by atoms with van der Waals surface area (Å²) in [4.78, 5) is 45.2. The number of pyridine rings is 1. The molecule has 0 saturated heterocycles. The van der Waals surface area contributed by atoms with Gasteiger partial charge in [0.1, 0.15) is 5.56 Å². The number of fused-ring (bicyclic) bond motifs is 1. The second kappa shape index (κ2) is 7.47. The largest absolute Gasteiger partial charge is 0.325 e. The van der Waals surface area contributed by atoms with Gasteiger partial charge in [0.15, 0.2) is 5.65 Å². The Balaban J connectivity index is 1.79. The molecule has 30 heavy (non-hydrogen) atoms. The molecule has 4 rings (SSSR count). The monoisotopic (exact) mass is 403 g/mol. The molecule has 4 aromatic rings. The predicted molar refractivity (Wildman–Crippen MR) is 115 cm³/mol. The Labute approximate surface area is 171 Å². The molecule has 3 heterocycles. The average molecular weight is 403 g/mol. The van der Waals surface area contributed by atoms with E-state index in [1.54, 1.807) is 18.2 Å². The van der Waals surface area contributed by atoms with Crippen LogP contribution in [0.25, 0.3) is 16.9 Å². The van der Waals surface area contributed by atoms with Crippen LogP contribution in [0.5, 0.6) is 0 Å². The van der Waals surface area contributed by atoms with Crippen molar-refractivity contribution in [3.63, 3.8) is 0 Å². The third kappa shape index (κ3) is 3.43. The highest BCUT2D eigenvalue weighted by atomic mass is 16.2. The van der Waals surface area contributed by atoms with Gasteiger partial charge < -0.3 is 10.3 Å². The van der Waals surface area contributed by atoms with Gasteiger partial charge in [0.2, 0.25) is 0 Å². The van der Waals surface area contributed by atoms with E-state index in [2.05, 4.69) is 20.4 Å². The van der Waals surface area contributed by atoms with Crippen molar-refractivity contribution in [3.8, 4) is 11.3 Å². The van der Waals surface area contributed by atoms with E-state index in [9.17, 15) is 14.4 Å². The Morgan fingerprint density at radius 2 is 1.87 bits per heavy atom. The van der Waals surface area contributed by atoms with Gasteiger partial charge in [-0.3, -0.25) is 19.5 Å². The summed E-state index contributed by atoms with van der Waals surface area (Å²) in [5.74, 6) is -0.409. The maximum atomic E-state index is 12.8. The zero-order valence-electron chi connectivity index (χ0n) is 16.9. The predicted octanol–water partition coefficient (Wildman–Crippen LogP) is 2.81. The molecule has 3 aromatic heterocycles. The van der Waals surface area contributed by atoms with E-state index >= 15 is 0 Å². The van der Waals surface area contributed by atoms with Crippen molar-refractivity contribution >= 4 is 17.2 Å². The molecule has 0 saturated carbocycles. The molecule has 1 aromatic carbocycles. The summed E-state index contributed by atoms with van der Waals surface area (Å²) in [5.41, 5.74) is 3.56. The van der Waals surface area contributed by atoms with Crippen LogP contribution in [0.2, 0.25) is 0 Å². The SMILES string of the molecule is CCc1[nH]c(=O)c(-c2cc(=O)n3[nH]cc(C(=O)Nc4ccc(C)cc4)c3n2)cc1C. The first-order valence-electron chi connectivity index (χ1n) is 9.59. The Hall–Kier alpha value is -3.94. The van der Waals surface area contributed by atoms with Crippen LogP contribution >= 0.6 is 0 Å². The lowest BCUT2D eigenvalue weighted by Crippen LogP contribution is -2.19. The van der Waals surface area contributed by atoms with Crippen molar-refractivity contribution in [2.24, 2.45) is 0 Å². The Morgan fingerprint density at radius 1 is 1.13 bits per heavy atom. The molecule has 0 fully saturated rings. The lowest BCUT2D eigenvalue weighted by atomic mass is 10.1. The Kier molecular flexibility index (Phi) is 4.83. The van der Waals surface area contributed by atoms with E-state index in [1.807, 2.05) is 32.9 Å². The van der Waals surface area contributed by atoms with E-state index in [0.29, 0.717) is 12.1 Å². The lowest BCUT2D eigenvalue weighted by Gasteiger charge is -2.07. The first-order valence-corrected chi connectivity index (χ1v) is 9.59. The van der Waals surface area contributed by atoms with Crippen LogP contribution in [0.4, 0.5) is 5.69 Å². The maximum Gasteiger partial charge on any atom is 0.273 e. The zero-order chi connectivity index (χ0) is 21.4. The van der Waals surface area contributed by atoms with Crippen molar-refractivity contribution in [1.82, 2.24) is 19.6 Å². The second-order valence-corrected chi connectivity index (χ2v) is 7.17. The minimum Gasteiger partial charge on any atom is -0.325 e. The third-order valence-electron chi connectivity index (χ3n) is 5.03. The normalized spacial score (nSPS) is 11.0. The van der Waals surface area contributed by atoms with Crippen LogP contribution in [-0.4, -0.2) is 25.5 Å². The number of hydrogen-bond acceptors (Lipinski definition) is 4. The molecule has 3 N–H and O–H groups in total. The summed E-state index contributed by atoms with van der Waals surface area (Å²) in [6, 6.07) is 10.4. The molecule has 0 aliphatic rings. The summed E-state index contributed by atoms with van der Waals surface area (Å²) < 4.78 is 1.18. The van der Waals surface area contributed by atoms with E-state index < -0.39 is 11.5 Å². The number of amides is 1. The Morgan fingerprint density at radius 3 is 2.57 bits per heavy atom. The highest BCUT2D eigenvalue weighted by Gasteiger charge is 2.18. The van der Waals surface area contributed by atoms with E-state index in [1.165, 1.54) is 16.8 Å². The van der Waals surface area contributed by atoms with Gasteiger partial charge in [-0.15, -0.1) is 0 Å². The number of H-pyrrole nitrogens is 2. The van der Waals surface area contributed by atoms with Crippen LogP contribution in [0.3, 0.4) is 0 Å². The van der Waals surface area contributed by atoms with Gasteiger partial charge in [-0.05, 0) is 44.0 Å². The molecule has 0 aliphatic heterocycles. The summed E-state index contributed by atoms with van der Waals surface area (Å²) in [7, 11) is 0. The lowest BCUT2D eigenvalue weighted by molar-refractivity contribution is 0.102. The minimum absolute atomic E-state index is 0.152. The van der Waals surface area contributed by atoms with Crippen molar-refractivity contribution in [2.45, 2.75) is 27.2 Å². The molecule has 0 unspecified atom stereocenters. The van der Waals surface area contributed by atoms with Crippen LogP contribution in [0.15, 0.2) is 52.2 Å². The van der Waals surface area contributed by atoms with E-state index in [4.69, 9.17) is 0 Å². The number of carbonyl (C=O) groups is 1. The van der Waals surface area contributed by atoms with Gasteiger partial charge in [-0.2, -0.15) is 0 Å². The number of carbonyl (C=O) groups excluding carboxylic acids is 1. The van der Waals surface area contributed by atoms with Crippen molar-refractivity contribution in [3.05, 3.63) is 85.7 Å². The number of aromatic nitrogens is 4. The molecule has 0 atom stereocenters. The molecule has 0 bridgehead atoms. The van der Waals surface area contributed by atoms with Crippen molar-refractivity contribution in [1.29, 1.82) is 0 Å². The summed E-state index contributed by atoms with van der Waals surface area (Å²) in [5, 5.41) is 5.55. The fraction of sp³-hybridized carbons (Fsp3) is 0.182. The second-order valence-electron chi connectivity index (χ2n) is 7.17.